The van der Waals surface area contributed by atoms with Gasteiger partial charge in [-0.05, 0) is 37.9 Å². The number of nitrogens with zero attached hydrogens (tertiary/aromatic N) is 1. The van der Waals surface area contributed by atoms with Crippen molar-refractivity contribution in [2.24, 2.45) is 5.92 Å². The number of benzene rings is 1. The van der Waals surface area contributed by atoms with Gasteiger partial charge in [0.1, 0.15) is 0 Å². The Hall–Kier alpha value is -1.40. The summed E-state index contributed by atoms with van der Waals surface area (Å²) in [6.45, 7) is 2.58. The predicted molar refractivity (Wildman–Crippen MR) is 117 cm³/mol. The zero-order valence-electron chi connectivity index (χ0n) is 15.0. The van der Waals surface area contributed by atoms with E-state index in [2.05, 4.69) is 34.9 Å². The zero-order valence-corrected chi connectivity index (χ0v) is 17.5. The highest BCUT2D eigenvalue weighted by Gasteiger charge is 2.32. The number of aromatic nitrogens is 1. The van der Waals surface area contributed by atoms with Gasteiger partial charge in [0.15, 0.2) is 0 Å². The van der Waals surface area contributed by atoms with Crippen molar-refractivity contribution in [2.75, 3.05) is 19.6 Å². The molecule has 1 aliphatic carbocycles. The fourth-order valence-electron chi connectivity index (χ4n) is 3.59. The topological polar surface area (TPSA) is 54.0 Å². The number of para-hydroxylation sites is 1. The molecule has 4 nitrogen and oxygen atoms in total. The molecule has 0 spiro atoms. The van der Waals surface area contributed by atoms with Crippen molar-refractivity contribution in [1.82, 2.24) is 15.6 Å². The summed E-state index contributed by atoms with van der Waals surface area (Å²) in [5.41, 5.74) is 2.37. The molecule has 27 heavy (non-hydrogen) atoms. The lowest BCUT2D eigenvalue weighted by molar-refractivity contribution is -0.125. The molecule has 0 bridgehead atoms. The van der Waals surface area contributed by atoms with Crippen molar-refractivity contribution in [3.63, 3.8) is 0 Å². The van der Waals surface area contributed by atoms with Gasteiger partial charge in [-0.1, -0.05) is 35.9 Å². The van der Waals surface area contributed by atoms with E-state index in [9.17, 15) is 4.79 Å². The molecule has 2 atom stereocenters. The Morgan fingerprint density at radius 3 is 2.81 bits per heavy atom. The molecule has 1 aromatic carbocycles. The van der Waals surface area contributed by atoms with Gasteiger partial charge in [0.05, 0.1) is 21.1 Å². The third-order valence-corrected chi connectivity index (χ3v) is 6.21. The normalized spacial score (nSPS) is 21.7. The maximum Gasteiger partial charge on any atom is 0.224 e. The van der Waals surface area contributed by atoms with Crippen molar-refractivity contribution in [2.45, 2.75) is 25.2 Å². The summed E-state index contributed by atoms with van der Waals surface area (Å²) in [6, 6.07) is 8.21. The molecule has 4 rings (SSSR count). The molecule has 1 aromatic heterocycles. The van der Waals surface area contributed by atoms with E-state index in [1.165, 1.54) is 10.3 Å². The minimum Gasteiger partial charge on any atom is -0.352 e. The van der Waals surface area contributed by atoms with Crippen LogP contribution in [0.3, 0.4) is 0 Å². The lowest BCUT2D eigenvalue weighted by Crippen LogP contribution is -2.37. The molecule has 0 saturated heterocycles. The van der Waals surface area contributed by atoms with Gasteiger partial charge < -0.3 is 10.6 Å². The number of carbonyl (C=O) groups is 1. The summed E-state index contributed by atoms with van der Waals surface area (Å²) in [6.07, 6.45) is 9.23. The minimum absolute atomic E-state index is 0. The van der Waals surface area contributed by atoms with E-state index in [0.717, 1.165) is 42.9 Å². The molecule has 7 heteroatoms. The van der Waals surface area contributed by atoms with Crippen LogP contribution in [0.25, 0.3) is 10.2 Å². The summed E-state index contributed by atoms with van der Waals surface area (Å²) in [5.74, 6) is 0.324. The second kappa shape index (κ2) is 10.2. The molecule has 1 aliphatic heterocycles. The molecular formula is C20H25Cl2N3OS. The number of carbonyl (C=O) groups excluding carboxylic acids is 1. The number of hydrogen-bond acceptors (Lipinski definition) is 4. The molecule has 1 amide bonds. The first-order valence-corrected chi connectivity index (χ1v) is 9.80. The monoisotopic (exact) mass is 425 g/mol. The van der Waals surface area contributed by atoms with Crippen molar-refractivity contribution >= 4 is 52.3 Å². The number of rotatable bonds is 4. The van der Waals surface area contributed by atoms with Gasteiger partial charge in [0, 0.05) is 19.0 Å². The van der Waals surface area contributed by atoms with Gasteiger partial charge in [0.25, 0.3) is 0 Å². The number of amides is 1. The molecule has 0 saturated carbocycles. The van der Waals surface area contributed by atoms with Crippen LogP contribution in [0.4, 0.5) is 0 Å². The highest BCUT2D eigenvalue weighted by molar-refractivity contribution is 7.18. The predicted octanol–water partition coefficient (Wildman–Crippen LogP) is 4.23. The fourth-order valence-corrected chi connectivity index (χ4v) is 4.73. The van der Waals surface area contributed by atoms with E-state index in [0.29, 0.717) is 6.54 Å². The summed E-state index contributed by atoms with van der Waals surface area (Å²) >= 11 is 1.73. The Morgan fingerprint density at radius 2 is 2.04 bits per heavy atom. The number of nitrogens with one attached hydrogen (secondary N) is 2. The van der Waals surface area contributed by atoms with Crippen molar-refractivity contribution < 1.29 is 4.79 Å². The maximum atomic E-state index is 12.8. The van der Waals surface area contributed by atoms with E-state index in [4.69, 9.17) is 4.98 Å². The summed E-state index contributed by atoms with van der Waals surface area (Å²) in [7, 11) is 0. The van der Waals surface area contributed by atoms with E-state index in [-0.39, 0.29) is 42.6 Å². The number of allylic oxidation sites excluding steroid dienone is 2. The van der Waals surface area contributed by atoms with Gasteiger partial charge in [0.2, 0.25) is 5.91 Å². The van der Waals surface area contributed by atoms with Crippen LogP contribution in [0.2, 0.25) is 0 Å². The number of fused-ring (bicyclic) bond motifs is 1. The van der Waals surface area contributed by atoms with Crippen LogP contribution in [0, 0.1) is 5.92 Å². The Bertz CT molecular complexity index is 800. The highest BCUT2D eigenvalue weighted by Crippen LogP contribution is 2.38. The van der Waals surface area contributed by atoms with Gasteiger partial charge in [-0.25, -0.2) is 4.98 Å². The van der Waals surface area contributed by atoms with Gasteiger partial charge >= 0.3 is 0 Å². The van der Waals surface area contributed by atoms with E-state index in [1.807, 2.05) is 18.2 Å². The maximum absolute atomic E-state index is 12.8. The first-order chi connectivity index (χ1) is 12.3. The standard InChI is InChI=1S/C20H23N3OS.2ClH/c24-19(22-13-14-9-11-21-12-10-14)15-5-1-2-6-16(15)20-23-17-7-3-4-8-18(17)25-20;;/h1-4,7-9,15-16,21H,5-6,10-13H2,(H,22,24);2*1H. The quantitative estimate of drug-likeness (QED) is 0.720. The SMILES string of the molecule is Cl.Cl.O=C(NCC1=CCNCC1)C1CC=CCC1c1nc2ccccc2s1. The average Bonchev–Trinajstić information content (AvgIpc) is 3.11. The number of thiazole rings is 1. The van der Waals surface area contributed by atoms with Crippen LogP contribution in [0.15, 0.2) is 48.1 Å². The Kier molecular flexibility index (Phi) is 8.29. The van der Waals surface area contributed by atoms with Crippen LogP contribution < -0.4 is 10.6 Å². The first kappa shape index (κ1) is 21.9. The second-order valence-electron chi connectivity index (χ2n) is 6.71. The molecule has 2 aliphatic rings. The van der Waals surface area contributed by atoms with Crippen LogP contribution >= 0.6 is 36.2 Å². The molecule has 2 N–H and O–H groups in total. The zero-order chi connectivity index (χ0) is 17.1. The van der Waals surface area contributed by atoms with Crippen LogP contribution in [-0.2, 0) is 4.79 Å². The first-order valence-electron chi connectivity index (χ1n) is 8.98. The van der Waals surface area contributed by atoms with Crippen molar-refractivity contribution in [3.05, 3.63) is 53.1 Å². The third kappa shape index (κ3) is 5.11. The Morgan fingerprint density at radius 1 is 1.22 bits per heavy atom. The van der Waals surface area contributed by atoms with E-state index < -0.39 is 0 Å². The lowest BCUT2D eigenvalue weighted by atomic mass is 9.82. The second-order valence-corrected chi connectivity index (χ2v) is 7.77. The molecule has 146 valence electrons. The van der Waals surface area contributed by atoms with Crippen LogP contribution in [0.5, 0.6) is 0 Å². The molecule has 0 fully saturated rings. The van der Waals surface area contributed by atoms with Gasteiger partial charge in [-0.15, -0.1) is 36.2 Å². The summed E-state index contributed by atoms with van der Waals surface area (Å²) in [5, 5.41) is 7.56. The van der Waals surface area contributed by atoms with Gasteiger partial charge in [-0.2, -0.15) is 0 Å². The molecular weight excluding hydrogens is 401 g/mol. The summed E-state index contributed by atoms with van der Waals surface area (Å²) in [4.78, 5) is 17.6. The molecule has 2 heterocycles. The largest absolute Gasteiger partial charge is 0.352 e. The van der Waals surface area contributed by atoms with Crippen LogP contribution in [0.1, 0.15) is 30.2 Å². The lowest BCUT2D eigenvalue weighted by Gasteiger charge is -2.26. The van der Waals surface area contributed by atoms with Crippen molar-refractivity contribution in [1.29, 1.82) is 0 Å². The highest BCUT2D eigenvalue weighted by atomic mass is 35.5. The molecule has 2 aromatic rings. The Labute approximate surface area is 176 Å². The minimum atomic E-state index is -0.0205. The number of hydrogen-bond donors (Lipinski definition) is 2. The van der Waals surface area contributed by atoms with E-state index >= 15 is 0 Å². The molecule has 0 radical (unpaired) electrons. The van der Waals surface area contributed by atoms with Crippen molar-refractivity contribution in [3.8, 4) is 0 Å². The summed E-state index contributed by atoms with van der Waals surface area (Å²) < 4.78 is 1.20. The van der Waals surface area contributed by atoms with Gasteiger partial charge in [-0.3, -0.25) is 4.79 Å². The van der Waals surface area contributed by atoms with Crippen LogP contribution in [-0.4, -0.2) is 30.5 Å². The molecule has 2 unspecified atom stereocenters. The van der Waals surface area contributed by atoms with E-state index in [1.54, 1.807) is 11.3 Å². The smallest absolute Gasteiger partial charge is 0.224 e. The number of halogens is 2. The fraction of sp³-hybridized carbons (Fsp3) is 0.400. The third-order valence-electron chi connectivity index (χ3n) is 5.04. The Balaban J connectivity index is 0.00000131. The average molecular weight is 426 g/mol.